The Hall–Kier alpha value is -2.10. The lowest BCUT2D eigenvalue weighted by atomic mass is 10.0. The van der Waals surface area contributed by atoms with Crippen LogP contribution in [0.2, 0.25) is 5.02 Å². The van der Waals surface area contributed by atoms with E-state index in [9.17, 15) is 21.6 Å². The summed E-state index contributed by atoms with van der Waals surface area (Å²) in [6.45, 7) is 4.23. The van der Waals surface area contributed by atoms with E-state index in [2.05, 4.69) is 28.9 Å². The van der Waals surface area contributed by atoms with Crippen molar-refractivity contribution in [2.75, 3.05) is 18.4 Å². The molecule has 0 saturated carbocycles. The van der Waals surface area contributed by atoms with Crippen LogP contribution in [0.5, 0.6) is 0 Å². The Labute approximate surface area is 173 Å². The number of alkyl halides is 3. The zero-order valence-electron chi connectivity index (χ0n) is 15.8. The molecule has 2 N–H and O–H groups in total. The van der Waals surface area contributed by atoms with Crippen LogP contribution in [-0.2, 0) is 16.2 Å². The zero-order chi connectivity index (χ0) is 21.7. The van der Waals surface area contributed by atoms with Crippen LogP contribution >= 0.6 is 11.6 Å². The van der Waals surface area contributed by atoms with Gasteiger partial charge in [-0.25, -0.2) is 18.1 Å². The number of pyridine rings is 1. The average Bonchev–Trinajstić information content (AvgIpc) is 2.64. The van der Waals surface area contributed by atoms with Crippen molar-refractivity contribution in [3.05, 3.63) is 63.6 Å². The van der Waals surface area contributed by atoms with E-state index in [1.54, 1.807) is 0 Å². The molecular formula is C19H21ClF3N3O2S. The van der Waals surface area contributed by atoms with Crippen molar-refractivity contribution < 1.29 is 21.6 Å². The number of rotatable bonds is 8. The van der Waals surface area contributed by atoms with Crippen molar-refractivity contribution in [1.29, 1.82) is 0 Å². The maximum Gasteiger partial charge on any atom is 0.417 e. The van der Waals surface area contributed by atoms with Crippen molar-refractivity contribution in [2.24, 2.45) is 0 Å². The number of halogens is 4. The van der Waals surface area contributed by atoms with Gasteiger partial charge >= 0.3 is 6.18 Å². The first-order chi connectivity index (χ1) is 13.5. The van der Waals surface area contributed by atoms with Crippen molar-refractivity contribution in [2.45, 2.75) is 25.9 Å². The third-order valence-electron chi connectivity index (χ3n) is 3.93. The standard InChI is InChI=1S/C19H21ClF3N3O2S/c1-13(2)15-5-3-14(4-6-15)7-10-29(27,28)26-9-8-24-18-17(20)11-16(12-25-18)19(21,22)23/h3-7,10-13,26H,8-9H2,1-2H3,(H,24,25)/b10-7+. The fourth-order valence-corrected chi connectivity index (χ4v) is 3.36. The molecule has 0 amide bonds. The van der Waals surface area contributed by atoms with Gasteiger partial charge in [-0.3, -0.25) is 0 Å². The second-order valence-corrected chi connectivity index (χ2v) is 8.60. The number of benzene rings is 1. The molecule has 0 fully saturated rings. The molecule has 1 aromatic heterocycles. The molecule has 0 unspecified atom stereocenters. The second-order valence-electron chi connectivity index (χ2n) is 6.54. The van der Waals surface area contributed by atoms with Crippen molar-refractivity contribution in [3.63, 3.8) is 0 Å². The average molecular weight is 448 g/mol. The van der Waals surface area contributed by atoms with Crippen molar-refractivity contribution in [3.8, 4) is 0 Å². The minimum absolute atomic E-state index is 0.00199. The first-order valence-electron chi connectivity index (χ1n) is 8.72. The highest BCUT2D eigenvalue weighted by Gasteiger charge is 2.31. The van der Waals surface area contributed by atoms with Gasteiger partial charge in [0.15, 0.2) is 0 Å². The molecule has 158 valence electrons. The molecule has 0 bridgehead atoms. The maximum absolute atomic E-state index is 12.6. The lowest BCUT2D eigenvalue weighted by Gasteiger charge is -2.11. The molecule has 2 aromatic rings. The van der Waals surface area contributed by atoms with Gasteiger partial charge in [0.25, 0.3) is 0 Å². The number of aromatic nitrogens is 1. The number of hydrogen-bond donors (Lipinski definition) is 2. The summed E-state index contributed by atoms with van der Waals surface area (Å²) in [5, 5.41) is 3.55. The minimum Gasteiger partial charge on any atom is -0.368 e. The van der Waals surface area contributed by atoms with Crippen LogP contribution in [-0.4, -0.2) is 26.5 Å². The lowest BCUT2D eigenvalue weighted by Crippen LogP contribution is -2.27. The quantitative estimate of drug-likeness (QED) is 0.566. The van der Waals surface area contributed by atoms with E-state index in [0.29, 0.717) is 12.1 Å². The van der Waals surface area contributed by atoms with Gasteiger partial charge in [-0.1, -0.05) is 49.7 Å². The Bertz CT molecular complexity index is 960. The molecule has 10 heteroatoms. The van der Waals surface area contributed by atoms with E-state index in [-0.39, 0.29) is 23.9 Å². The minimum atomic E-state index is -4.54. The first-order valence-corrected chi connectivity index (χ1v) is 10.6. The van der Waals surface area contributed by atoms with Gasteiger partial charge in [0.05, 0.1) is 10.6 Å². The third kappa shape index (κ3) is 7.34. The van der Waals surface area contributed by atoms with E-state index in [4.69, 9.17) is 11.6 Å². The molecule has 29 heavy (non-hydrogen) atoms. The molecule has 0 aliphatic carbocycles. The van der Waals surface area contributed by atoms with E-state index in [1.165, 1.54) is 6.08 Å². The van der Waals surface area contributed by atoms with Gasteiger partial charge in [-0.05, 0) is 29.2 Å². The lowest BCUT2D eigenvalue weighted by molar-refractivity contribution is -0.137. The topological polar surface area (TPSA) is 71.1 Å². The highest BCUT2D eigenvalue weighted by atomic mass is 35.5. The van der Waals surface area contributed by atoms with Crippen LogP contribution in [0.1, 0.15) is 36.5 Å². The molecule has 1 heterocycles. The summed E-state index contributed by atoms with van der Waals surface area (Å²) in [4.78, 5) is 3.62. The van der Waals surface area contributed by atoms with Gasteiger partial charge < -0.3 is 5.32 Å². The second kappa shape index (κ2) is 9.60. The molecule has 0 aliphatic rings. The number of nitrogens with zero attached hydrogens (tertiary/aromatic N) is 1. The summed E-state index contributed by atoms with van der Waals surface area (Å²) in [6, 6.07) is 8.31. The molecule has 1 aromatic carbocycles. The summed E-state index contributed by atoms with van der Waals surface area (Å²) in [5.41, 5.74) is 0.948. The number of sulfonamides is 1. The number of anilines is 1. The Morgan fingerprint density at radius 2 is 1.83 bits per heavy atom. The van der Waals surface area contributed by atoms with Crippen LogP contribution in [0.15, 0.2) is 41.9 Å². The highest BCUT2D eigenvalue weighted by Crippen LogP contribution is 2.32. The van der Waals surface area contributed by atoms with Gasteiger partial charge in [0, 0.05) is 24.7 Å². The molecule has 0 atom stereocenters. The van der Waals surface area contributed by atoms with Gasteiger partial charge in [0.2, 0.25) is 10.0 Å². The Morgan fingerprint density at radius 3 is 2.38 bits per heavy atom. The smallest absolute Gasteiger partial charge is 0.368 e. The summed E-state index contributed by atoms with van der Waals surface area (Å²) in [7, 11) is -3.67. The molecule has 5 nitrogen and oxygen atoms in total. The monoisotopic (exact) mass is 447 g/mol. The van der Waals surface area contributed by atoms with E-state index in [0.717, 1.165) is 22.6 Å². The SMILES string of the molecule is CC(C)c1ccc(/C=C/S(=O)(=O)NCCNc2ncc(C(F)(F)F)cc2Cl)cc1. The highest BCUT2D eigenvalue weighted by molar-refractivity contribution is 7.92. The third-order valence-corrected chi connectivity index (χ3v) is 5.32. The van der Waals surface area contributed by atoms with E-state index < -0.39 is 21.8 Å². The molecular weight excluding hydrogens is 427 g/mol. The summed E-state index contributed by atoms with van der Waals surface area (Å²) < 4.78 is 64.2. The first kappa shape index (κ1) is 23.2. The Morgan fingerprint density at radius 1 is 1.17 bits per heavy atom. The van der Waals surface area contributed by atoms with E-state index >= 15 is 0 Å². The molecule has 0 radical (unpaired) electrons. The molecule has 0 aliphatic heterocycles. The van der Waals surface area contributed by atoms with Crippen LogP contribution in [0, 0.1) is 0 Å². The maximum atomic E-state index is 12.6. The van der Waals surface area contributed by atoms with Crippen LogP contribution in [0.4, 0.5) is 19.0 Å². The largest absolute Gasteiger partial charge is 0.417 e. The normalized spacial score (nSPS) is 12.7. The van der Waals surface area contributed by atoms with Gasteiger partial charge in [0.1, 0.15) is 5.82 Å². The summed E-state index contributed by atoms with van der Waals surface area (Å²) in [6.07, 6.45) is -2.40. The van der Waals surface area contributed by atoms with Crippen molar-refractivity contribution >= 4 is 33.5 Å². The predicted octanol–water partition coefficient (Wildman–Crippen LogP) is 4.88. The van der Waals surface area contributed by atoms with Crippen LogP contribution in [0.3, 0.4) is 0 Å². The fraction of sp³-hybridized carbons (Fsp3) is 0.316. The van der Waals surface area contributed by atoms with Crippen molar-refractivity contribution in [1.82, 2.24) is 9.71 Å². The summed E-state index contributed by atoms with van der Waals surface area (Å²) in [5.74, 6) is 0.429. The zero-order valence-corrected chi connectivity index (χ0v) is 17.4. The predicted molar refractivity (Wildman–Crippen MR) is 109 cm³/mol. The van der Waals surface area contributed by atoms with Gasteiger partial charge in [-0.2, -0.15) is 13.2 Å². The molecule has 2 rings (SSSR count). The van der Waals surface area contributed by atoms with Gasteiger partial charge in [-0.15, -0.1) is 0 Å². The van der Waals surface area contributed by atoms with Crippen LogP contribution in [0.25, 0.3) is 6.08 Å². The Balaban J connectivity index is 1.86. The molecule has 0 saturated heterocycles. The summed E-state index contributed by atoms with van der Waals surface area (Å²) >= 11 is 5.78. The van der Waals surface area contributed by atoms with Crippen LogP contribution < -0.4 is 10.0 Å². The Kier molecular flexibility index (Phi) is 7.67. The van der Waals surface area contributed by atoms with E-state index in [1.807, 2.05) is 24.3 Å². The number of hydrogen-bond acceptors (Lipinski definition) is 4. The molecule has 0 spiro atoms. The fourth-order valence-electron chi connectivity index (χ4n) is 2.31. The number of nitrogens with one attached hydrogen (secondary N) is 2.